The van der Waals surface area contributed by atoms with Gasteiger partial charge < -0.3 is 14.2 Å². The Morgan fingerprint density at radius 1 is 1.42 bits per heavy atom. The zero-order chi connectivity index (χ0) is 16.7. The van der Waals surface area contributed by atoms with E-state index in [4.69, 9.17) is 20.9 Å². The second-order valence-corrected chi connectivity index (χ2v) is 6.72. The largest absolute Gasteiger partial charge is 0.460 e. The summed E-state index contributed by atoms with van der Waals surface area (Å²) in [4.78, 5) is 18.4. The van der Waals surface area contributed by atoms with E-state index in [1.165, 1.54) is 6.42 Å². The molecule has 7 heteroatoms. The van der Waals surface area contributed by atoms with E-state index in [-0.39, 0.29) is 5.76 Å². The number of carbonyl (C=O) groups is 1. The summed E-state index contributed by atoms with van der Waals surface area (Å²) in [5.74, 6) is 2.22. The average Bonchev–Trinajstić information content (AvgIpc) is 2.98. The maximum Gasteiger partial charge on any atom is 0.377 e. The van der Waals surface area contributed by atoms with Crippen LogP contribution in [0.5, 0.6) is 0 Å². The van der Waals surface area contributed by atoms with Gasteiger partial charge in [0.2, 0.25) is 5.76 Å². The lowest BCUT2D eigenvalue weighted by molar-refractivity contribution is 0.0479. The van der Waals surface area contributed by atoms with Crippen LogP contribution >= 0.6 is 11.6 Å². The van der Waals surface area contributed by atoms with Gasteiger partial charge in [0.05, 0.1) is 12.3 Å². The van der Waals surface area contributed by atoms with Gasteiger partial charge in [-0.2, -0.15) is 0 Å². The van der Waals surface area contributed by atoms with Crippen LogP contribution in [0.25, 0.3) is 0 Å². The number of hydrogen-bond acceptors (Lipinski definition) is 6. The lowest BCUT2D eigenvalue weighted by Gasteiger charge is -2.19. The Kier molecular flexibility index (Phi) is 3.92. The van der Waals surface area contributed by atoms with Crippen molar-refractivity contribution in [2.75, 3.05) is 24.6 Å². The molecule has 2 aromatic rings. The molecule has 2 unspecified atom stereocenters. The molecule has 3 heterocycles. The van der Waals surface area contributed by atoms with E-state index < -0.39 is 5.97 Å². The first-order chi connectivity index (χ1) is 11.6. The number of ether oxygens (including phenoxy) is 1. The van der Waals surface area contributed by atoms with Crippen LogP contribution in [-0.4, -0.2) is 35.8 Å². The predicted molar refractivity (Wildman–Crippen MR) is 88.3 cm³/mol. The Bertz CT molecular complexity index is 766. The van der Waals surface area contributed by atoms with Crippen molar-refractivity contribution < 1.29 is 14.1 Å². The summed E-state index contributed by atoms with van der Waals surface area (Å²) in [5, 5.41) is 4.37. The van der Waals surface area contributed by atoms with Crippen molar-refractivity contribution in [1.29, 1.82) is 0 Å². The van der Waals surface area contributed by atoms with Crippen LogP contribution in [0.15, 0.2) is 22.7 Å². The summed E-state index contributed by atoms with van der Waals surface area (Å²) in [7, 11) is 0. The second-order valence-electron chi connectivity index (χ2n) is 6.36. The number of nitrogens with zero attached hydrogens (tertiary/aromatic N) is 3. The van der Waals surface area contributed by atoms with Crippen molar-refractivity contribution in [2.45, 2.75) is 19.8 Å². The van der Waals surface area contributed by atoms with Gasteiger partial charge in [0.1, 0.15) is 11.0 Å². The predicted octanol–water partition coefficient (Wildman–Crippen LogP) is 2.95. The van der Waals surface area contributed by atoms with Crippen LogP contribution in [0, 0.1) is 11.8 Å². The van der Waals surface area contributed by atoms with Crippen molar-refractivity contribution in [1.82, 2.24) is 10.1 Å². The number of fused-ring (bicyclic) bond motifs is 1. The summed E-state index contributed by atoms with van der Waals surface area (Å²) in [6.45, 7) is 4.20. The second kappa shape index (κ2) is 6.09. The molecule has 0 amide bonds. The number of aromatic nitrogens is 2. The number of anilines is 1. The Morgan fingerprint density at radius 3 is 2.92 bits per heavy atom. The van der Waals surface area contributed by atoms with Crippen molar-refractivity contribution in [3.8, 4) is 0 Å². The Balaban J connectivity index is 1.45. The van der Waals surface area contributed by atoms with Crippen LogP contribution in [0.2, 0.25) is 5.15 Å². The fourth-order valence-electron chi connectivity index (χ4n) is 3.24. The number of rotatable bonds is 5. The summed E-state index contributed by atoms with van der Waals surface area (Å²) < 4.78 is 9.90. The molecule has 1 aliphatic carbocycles. The van der Waals surface area contributed by atoms with Gasteiger partial charge >= 0.3 is 5.97 Å². The van der Waals surface area contributed by atoms with Gasteiger partial charge in [-0.25, -0.2) is 9.78 Å². The number of pyridine rings is 1. The Morgan fingerprint density at radius 2 is 2.21 bits per heavy atom. The number of halogens is 1. The average molecular weight is 348 g/mol. The molecule has 0 N–H and O–H groups in total. The molecule has 2 aromatic heterocycles. The normalized spacial score (nSPS) is 21.7. The highest BCUT2D eigenvalue weighted by atomic mass is 35.5. The Labute approximate surface area is 144 Å². The summed E-state index contributed by atoms with van der Waals surface area (Å²) >= 11 is 6.34. The van der Waals surface area contributed by atoms with E-state index in [9.17, 15) is 4.79 Å². The van der Waals surface area contributed by atoms with Crippen molar-refractivity contribution in [3.63, 3.8) is 0 Å². The number of piperidine rings is 1. The molecule has 1 saturated carbocycles. The molecule has 1 saturated heterocycles. The molecule has 2 fully saturated rings. The molecular weight excluding hydrogens is 330 g/mol. The first kappa shape index (κ1) is 15.4. The minimum absolute atomic E-state index is 0.101. The standard InChI is InChI=1S/C17H18ClN3O3/c1-2-23-17(22)14-7-13(20-24-14)6-10-3-4-15(19-16(10)18)21-8-11-5-12(11)9-21/h3-4,7,11-12H,2,5-6,8-9H2,1H3. The van der Waals surface area contributed by atoms with Crippen molar-refractivity contribution in [3.05, 3.63) is 40.4 Å². The topological polar surface area (TPSA) is 68.5 Å². The third-order valence-corrected chi connectivity index (χ3v) is 4.95. The van der Waals surface area contributed by atoms with E-state index in [0.29, 0.717) is 23.9 Å². The Hall–Kier alpha value is -2.08. The lowest BCUT2D eigenvalue weighted by atomic mass is 10.1. The van der Waals surface area contributed by atoms with Crippen LogP contribution in [-0.2, 0) is 11.2 Å². The zero-order valence-corrected chi connectivity index (χ0v) is 14.1. The molecule has 0 aromatic carbocycles. The molecule has 4 rings (SSSR count). The van der Waals surface area contributed by atoms with E-state index in [0.717, 1.165) is 36.3 Å². The first-order valence-electron chi connectivity index (χ1n) is 8.17. The molecule has 24 heavy (non-hydrogen) atoms. The fourth-order valence-corrected chi connectivity index (χ4v) is 3.45. The summed E-state index contributed by atoms with van der Waals surface area (Å²) in [5.41, 5.74) is 1.48. The monoisotopic (exact) mass is 347 g/mol. The van der Waals surface area contributed by atoms with Crippen molar-refractivity contribution in [2.24, 2.45) is 11.8 Å². The molecule has 6 nitrogen and oxygen atoms in total. The molecule has 2 atom stereocenters. The van der Waals surface area contributed by atoms with Crippen LogP contribution in [0.3, 0.4) is 0 Å². The molecule has 126 valence electrons. The SMILES string of the molecule is CCOC(=O)c1cc(Cc2ccc(N3CC4CC4C3)nc2Cl)no1. The van der Waals surface area contributed by atoms with Crippen LogP contribution in [0.1, 0.15) is 35.2 Å². The molecular formula is C17H18ClN3O3. The minimum Gasteiger partial charge on any atom is -0.460 e. The molecule has 1 aliphatic heterocycles. The quantitative estimate of drug-likeness (QED) is 0.612. The molecule has 0 spiro atoms. The summed E-state index contributed by atoms with van der Waals surface area (Å²) in [6, 6.07) is 5.54. The fraction of sp³-hybridized carbons (Fsp3) is 0.471. The van der Waals surface area contributed by atoms with Gasteiger partial charge in [0.25, 0.3) is 0 Å². The van der Waals surface area contributed by atoms with Crippen molar-refractivity contribution >= 4 is 23.4 Å². The van der Waals surface area contributed by atoms with Gasteiger partial charge in [0.15, 0.2) is 0 Å². The third-order valence-electron chi connectivity index (χ3n) is 4.62. The molecule has 2 aliphatic rings. The van der Waals surface area contributed by atoms with Gasteiger partial charge in [-0.05, 0) is 36.8 Å². The van der Waals surface area contributed by atoms with E-state index in [2.05, 4.69) is 15.0 Å². The number of hydrogen-bond donors (Lipinski definition) is 0. The van der Waals surface area contributed by atoms with Crippen LogP contribution in [0.4, 0.5) is 5.82 Å². The van der Waals surface area contributed by atoms with Gasteiger partial charge in [-0.1, -0.05) is 22.8 Å². The highest BCUT2D eigenvalue weighted by Crippen LogP contribution is 2.46. The van der Waals surface area contributed by atoms with E-state index in [1.807, 2.05) is 12.1 Å². The van der Waals surface area contributed by atoms with E-state index >= 15 is 0 Å². The zero-order valence-electron chi connectivity index (χ0n) is 13.4. The minimum atomic E-state index is -0.511. The van der Waals surface area contributed by atoms with Crippen LogP contribution < -0.4 is 4.90 Å². The van der Waals surface area contributed by atoms with Gasteiger partial charge in [-0.3, -0.25) is 0 Å². The summed E-state index contributed by atoms with van der Waals surface area (Å²) in [6.07, 6.45) is 1.82. The van der Waals surface area contributed by atoms with E-state index in [1.54, 1.807) is 13.0 Å². The molecule has 0 radical (unpaired) electrons. The van der Waals surface area contributed by atoms with Gasteiger partial charge in [-0.15, -0.1) is 0 Å². The number of carbonyl (C=O) groups excluding carboxylic acids is 1. The smallest absolute Gasteiger partial charge is 0.377 e. The first-order valence-corrected chi connectivity index (χ1v) is 8.55. The lowest BCUT2D eigenvalue weighted by Crippen LogP contribution is -2.22. The highest BCUT2D eigenvalue weighted by Gasteiger charge is 2.45. The maximum absolute atomic E-state index is 11.6. The number of esters is 1. The highest BCUT2D eigenvalue weighted by molar-refractivity contribution is 6.30. The van der Waals surface area contributed by atoms with Gasteiger partial charge in [0, 0.05) is 25.6 Å². The maximum atomic E-state index is 11.6. The third kappa shape index (κ3) is 2.98. The molecule has 0 bridgehead atoms.